The van der Waals surface area contributed by atoms with Crippen LogP contribution in [0.25, 0.3) is 0 Å². The van der Waals surface area contributed by atoms with E-state index in [1.807, 2.05) is 19.4 Å². The predicted octanol–water partition coefficient (Wildman–Crippen LogP) is 2.86. The first kappa shape index (κ1) is 12.5. The molecule has 5 heteroatoms. The molecule has 3 nitrogen and oxygen atoms in total. The van der Waals surface area contributed by atoms with Gasteiger partial charge in [-0.15, -0.1) is 0 Å². The van der Waals surface area contributed by atoms with E-state index in [1.165, 1.54) is 17.8 Å². The smallest absolute Gasteiger partial charge is 0.183 e. The van der Waals surface area contributed by atoms with E-state index in [9.17, 15) is 4.39 Å². The van der Waals surface area contributed by atoms with Crippen LogP contribution in [0.3, 0.4) is 0 Å². The molecule has 1 N–H and O–H groups in total. The summed E-state index contributed by atoms with van der Waals surface area (Å²) in [5.41, 5.74) is 2.04. The number of aliphatic imine (C=N–C) groups is 1. The van der Waals surface area contributed by atoms with Gasteiger partial charge >= 0.3 is 0 Å². The Hall–Kier alpha value is -1.54. The lowest BCUT2D eigenvalue weighted by Gasteiger charge is -2.06. The SMILES string of the molecule is CSC(=Nc1ccc(F)c(C)c1C)NC#N. The van der Waals surface area contributed by atoms with Crippen molar-refractivity contribution < 1.29 is 4.39 Å². The summed E-state index contributed by atoms with van der Waals surface area (Å²) in [5, 5.41) is 11.5. The Balaban J connectivity index is 3.15. The van der Waals surface area contributed by atoms with E-state index in [1.54, 1.807) is 13.0 Å². The number of nitrogens with one attached hydrogen (secondary N) is 1. The van der Waals surface area contributed by atoms with Crippen molar-refractivity contribution in [1.29, 1.82) is 5.26 Å². The maximum Gasteiger partial charge on any atom is 0.183 e. The number of benzene rings is 1. The lowest BCUT2D eigenvalue weighted by Crippen LogP contribution is -2.12. The molecule has 0 heterocycles. The highest BCUT2D eigenvalue weighted by Gasteiger charge is 2.06. The van der Waals surface area contributed by atoms with Gasteiger partial charge in [0, 0.05) is 0 Å². The maximum atomic E-state index is 13.2. The molecule has 0 aliphatic heterocycles. The highest BCUT2D eigenvalue weighted by molar-refractivity contribution is 8.13. The Morgan fingerprint density at radius 2 is 2.12 bits per heavy atom. The highest BCUT2D eigenvalue weighted by atomic mass is 32.2. The molecule has 84 valence electrons. The molecule has 0 unspecified atom stereocenters. The molecule has 16 heavy (non-hydrogen) atoms. The minimum absolute atomic E-state index is 0.240. The number of thioether (sulfide) groups is 1. The number of rotatable bonds is 1. The molecule has 1 aromatic carbocycles. The fourth-order valence-corrected chi connectivity index (χ4v) is 1.51. The maximum absolute atomic E-state index is 13.2. The zero-order valence-electron chi connectivity index (χ0n) is 9.34. The van der Waals surface area contributed by atoms with Gasteiger partial charge in [0.05, 0.1) is 5.69 Å². The van der Waals surface area contributed by atoms with Crippen molar-refractivity contribution in [1.82, 2.24) is 5.32 Å². The van der Waals surface area contributed by atoms with E-state index >= 15 is 0 Å². The van der Waals surface area contributed by atoms with E-state index in [4.69, 9.17) is 5.26 Å². The van der Waals surface area contributed by atoms with Crippen molar-refractivity contribution in [3.8, 4) is 6.19 Å². The fraction of sp³-hybridized carbons (Fsp3) is 0.273. The quantitative estimate of drug-likeness (QED) is 0.353. The van der Waals surface area contributed by atoms with Gasteiger partial charge in [-0.1, -0.05) is 11.8 Å². The van der Waals surface area contributed by atoms with Crippen molar-refractivity contribution in [2.75, 3.05) is 6.26 Å². The van der Waals surface area contributed by atoms with Gasteiger partial charge in [-0.25, -0.2) is 9.38 Å². The molecule has 0 saturated carbocycles. The second-order valence-electron chi connectivity index (χ2n) is 3.17. The van der Waals surface area contributed by atoms with Crippen LogP contribution in [0.2, 0.25) is 0 Å². The van der Waals surface area contributed by atoms with Crippen LogP contribution in [-0.4, -0.2) is 11.4 Å². The molecule has 0 fully saturated rings. The number of nitriles is 1. The van der Waals surface area contributed by atoms with Crippen LogP contribution in [0, 0.1) is 31.1 Å². The molecular formula is C11H12FN3S. The van der Waals surface area contributed by atoms with Gasteiger partial charge in [0.1, 0.15) is 5.82 Å². The Morgan fingerprint density at radius 1 is 1.44 bits per heavy atom. The van der Waals surface area contributed by atoms with Crippen molar-refractivity contribution in [2.24, 2.45) is 4.99 Å². The van der Waals surface area contributed by atoms with Gasteiger partial charge in [-0.05, 0) is 43.4 Å². The van der Waals surface area contributed by atoms with Crippen molar-refractivity contribution in [3.63, 3.8) is 0 Å². The van der Waals surface area contributed by atoms with Crippen LogP contribution in [0.5, 0.6) is 0 Å². The second kappa shape index (κ2) is 5.52. The summed E-state index contributed by atoms with van der Waals surface area (Å²) in [4.78, 5) is 4.25. The van der Waals surface area contributed by atoms with Crippen LogP contribution in [0.1, 0.15) is 11.1 Å². The third-order valence-corrected chi connectivity index (χ3v) is 2.85. The molecule has 0 atom stereocenters. The van der Waals surface area contributed by atoms with E-state index in [0.29, 0.717) is 16.4 Å². The minimum Gasteiger partial charge on any atom is -0.271 e. The molecule has 0 spiro atoms. The summed E-state index contributed by atoms with van der Waals surface area (Å²) >= 11 is 1.33. The predicted molar refractivity (Wildman–Crippen MR) is 65.2 cm³/mol. The van der Waals surface area contributed by atoms with Crippen LogP contribution in [0.4, 0.5) is 10.1 Å². The van der Waals surface area contributed by atoms with Gasteiger partial charge in [-0.2, -0.15) is 5.26 Å². The van der Waals surface area contributed by atoms with Gasteiger partial charge in [-0.3, -0.25) is 5.32 Å². The third-order valence-electron chi connectivity index (χ3n) is 2.27. The molecule has 1 aromatic rings. The topological polar surface area (TPSA) is 48.2 Å². The Kier molecular flexibility index (Phi) is 4.32. The zero-order valence-corrected chi connectivity index (χ0v) is 10.2. The first-order valence-corrected chi connectivity index (χ1v) is 5.86. The number of amidine groups is 1. The van der Waals surface area contributed by atoms with Crippen molar-refractivity contribution in [2.45, 2.75) is 13.8 Å². The van der Waals surface area contributed by atoms with E-state index in [-0.39, 0.29) is 5.82 Å². The second-order valence-corrected chi connectivity index (χ2v) is 3.97. The normalized spacial score (nSPS) is 11.1. The van der Waals surface area contributed by atoms with Crippen LogP contribution >= 0.6 is 11.8 Å². The van der Waals surface area contributed by atoms with Crippen molar-refractivity contribution in [3.05, 3.63) is 29.1 Å². The number of hydrogen-bond acceptors (Lipinski definition) is 3. The monoisotopic (exact) mass is 237 g/mol. The summed E-state index contributed by atoms with van der Waals surface area (Å²) in [6, 6.07) is 2.98. The Labute approximate surface area is 98.4 Å². The number of hydrogen-bond donors (Lipinski definition) is 1. The van der Waals surface area contributed by atoms with Crippen LogP contribution in [0.15, 0.2) is 17.1 Å². The molecule has 0 radical (unpaired) electrons. The summed E-state index contributed by atoms with van der Waals surface area (Å²) in [6.45, 7) is 3.52. The lowest BCUT2D eigenvalue weighted by molar-refractivity contribution is 0.617. The molecule has 0 amide bonds. The standard InChI is InChI=1S/C11H12FN3S/c1-7-8(2)10(5-4-9(7)12)15-11(16-3)14-6-13/h4-5H,1-3H3,(H,14,15). The summed E-state index contributed by atoms with van der Waals surface area (Å²) in [7, 11) is 0. The fourth-order valence-electron chi connectivity index (χ4n) is 1.18. The molecule has 0 aromatic heterocycles. The lowest BCUT2D eigenvalue weighted by atomic mass is 10.1. The third kappa shape index (κ3) is 2.74. The zero-order chi connectivity index (χ0) is 12.1. The Morgan fingerprint density at radius 3 is 2.69 bits per heavy atom. The van der Waals surface area contributed by atoms with Crippen LogP contribution in [-0.2, 0) is 0 Å². The largest absolute Gasteiger partial charge is 0.271 e. The van der Waals surface area contributed by atoms with Gasteiger partial charge in [0.15, 0.2) is 11.4 Å². The van der Waals surface area contributed by atoms with Gasteiger partial charge in [0.25, 0.3) is 0 Å². The van der Waals surface area contributed by atoms with Gasteiger partial charge in [0.2, 0.25) is 0 Å². The minimum atomic E-state index is -0.240. The molecule has 0 aliphatic carbocycles. The summed E-state index contributed by atoms with van der Waals surface area (Å²) < 4.78 is 13.2. The number of halogens is 1. The van der Waals surface area contributed by atoms with Crippen LogP contribution < -0.4 is 5.32 Å². The molecular weight excluding hydrogens is 225 g/mol. The van der Waals surface area contributed by atoms with Crippen molar-refractivity contribution >= 4 is 22.6 Å². The molecule has 1 rings (SSSR count). The molecule has 0 aliphatic rings. The average molecular weight is 237 g/mol. The summed E-state index contributed by atoms with van der Waals surface area (Å²) in [6.07, 6.45) is 3.62. The summed E-state index contributed by atoms with van der Waals surface area (Å²) in [5.74, 6) is -0.240. The Bertz CT molecular complexity index is 463. The first-order valence-electron chi connectivity index (χ1n) is 4.63. The van der Waals surface area contributed by atoms with E-state index in [0.717, 1.165) is 5.56 Å². The average Bonchev–Trinajstić information content (AvgIpc) is 2.29. The number of nitrogens with zero attached hydrogens (tertiary/aromatic N) is 2. The highest BCUT2D eigenvalue weighted by Crippen LogP contribution is 2.24. The molecule has 0 saturated heterocycles. The van der Waals surface area contributed by atoms with E-state index < -0.39 is 0 Å². The van der Waals surface area contributed by atoms with Gasteiger partial charge < -0.3 is 0 Å². The molecule has 0 bridgehead atoms. The first-order chi connectivity index (χ1) is 7.60. The van der Waals surface area contributed by atoms with E-state index in [2.05, 4.69) is 10.3 Å².